The molecule has 1 N–H and O–H groups in total. The first-order valence-electron chi connectivity index (χ1n) is 8.52. The van der Waals surface area contributed by atoms with Gasteiger partial charge in [0.1, 0.15) is 0 Å². The molecule has 1 atom stereocenters. The predicted molar refractivity (Wildman–Crippen MR) is 91.9 cm³/mol. The van der Waals surface area contributed by atoms with Crippen molar-refractivity contribution in [2.24, 2.45) is 0 Å². The van der Waals surface area contributed by atoms with Crippen molar-refractivity contribution >= 4 is 17.5 Å². The molecule has 0 unspecified atom stereocenters. The zero-order chi connectivity index (χ0) is 17.3. The van der Waals surface area contributed by atoms with Gasteiger partial charge in [-0.25, -0.2) is 4.90 Å². The first-order chi connectivity index (χ1) is 11.5. The Labute approximate surface area is 142 Å². The number of aliphatic hydroxyl groups excluding tert-OH is 1. The molecule has 1 aromatic carbocycles. The number of imide groups is 1. The van der Waals surface area contributed by atoms with E-state index in [2.05, 4.69) is 9.80 Å². The molecular weight excluding hydrogens is 306 g/mol. The fourth-order valence-corrected chi connectivity index (χ4v) is 3.65. The molecule has 2 amide bonds. The van der Waals surface area contributed by atoms with E-state index in [1.165, 1.54) is 4.90 Å². The molecule has 2 aliphatic heterocycles. The van der Waals surface area contributed by atoms with Crippen molar-refractivity contribution in [2.75, 3.05) is 44.2 Å². The minimum Gasteiger partial charge on any atom is -0.395 e. The van der Waals surface area contributed by atoms with Gasteiger partial charge < -0.3 is 5.11 Å². The molecule has 0 aliphatic carbocycles. The third kappa shape index (κ3) is 3.22. The average Bonchev–Trinajstić information content (AvgIpc) is 2.84. The number of aryl methyl sites for hydroxylation is 2. The summed E-state index contributed by atoms with van der Waals surface area (Å²) in [5, 5.41) is 9.02. The Morgan fingerprint density at radius 1 is 1.12 bits per heavy atom. The smallest absolute Gasteiger partial charge is 0.251 e. The predicted octanol–water partition coefficient (Wildman–Crippen LogP) is 0.545. The second-order valence-corrected chi connectivity index (χ2v) is 6.68. The van der Waals surface area contributed by atoms with Crippen LogP contribution in [0.25, 0.3) is 0 Å². The van der Waals surface area contributed by atoms with E-state index in [4.69, 9.17) is 5.11 Å². The van der Waals surface area contributed by atoms with Gasteiger partial charge in [-0.2, -0.15) is 0 Å². The molecule has 6 heteroatoms. The second kappa shape index (κ2) is 7.01. The van der Waals surface area contributed by atoms with Gasteiger partial charge in [-0.15, -0.1) is 0 Å². The number of hydrogen-bond acceptors (Lipinski definition) is 5. The highest BCUT2D eigenvalue weighted by atomic mass is 16.3. The lowest BCUT2D eigenvalue weighted by molar-refractivity contribution is -0.123. The molecule has 2 heterocycles. The first-order valence-corrected chi connectivity index (χ1v) is 8.52. The lowest BCUT2D eigenvalue weighted by atomic mass is 10.1. The summed E-state index contributed by atoms with van der Waals surface area (Å²) in [6.07, 6.45) is 0.256. The molecule has 24 heavy (non-hydrogen) atoms. The Kier molecular flexibility index (Phi) is 4.99. The fourth-order valence-electron chi connectivity index (χ4n) is 3.65. The van der Waals surface area contributed by atoms with Crippen molar-refractivity contribution in [1.29, 1.82) is 0 Å². The Morgan fingerprint density at radius 2 is 1.83 bits per heavy atom. The molecule has 2 saturated heterocycles. The van der Waals surface area contributed by atoms with Gasteiger partial charge in [-0.1, -0.05) is 17.7 Å². The molecular formula is C18H25N3O3. The van der Waals surface area contributed by atoms with Crippen molar-refractivity contribution in [3.8, 4) is 0 Å². The van der Waals surface area contributed by atoms with Crippen LogP contribution in [0, 0.1) is 13.8 Å². The van der Waals surface area contributed by atoms with E-state index >= 15 is 0 Å². The Bertz CT molecular complexity index is 638. The number of rotatable bonds is 4. The number of β-amino-alcohol motifs (C(OH)–C–C–N with tert-alkyl or cyclic N) is 1. The number of piperazine rings is 1. The summed E-state index contributed by atoms with van der Waals surface area (Å²) in [4.78, 5) is 31.0. The average molecular weight is 331 g/mol. The van der Waals surface area contributed by atoms with Gasteiger partial charge in [0.05, 0.1) is 24.8 Å². The van der Waals surface area contributed by atoms with Crippen LogP contribution >= 0.6 is 0 Å². The minimum absolute atomic E-state index is 0.109. The number of benzene rings is 1. The number of aliphatic hydroxyl groups is 1. The summed E-state index contributed by atoms with van der Waals surface area (Å²) in [5.74, 6) is -0.225. The van der Waals surface area contributed by atoms with Gasteiger partial charge in [0.2, 0.25) is 5.91 Å². The van der Waals surface area contributed by atoms with Crippen LogP contribution in [0.5, 0.6) is 0 Å². The summed E-state index contributed by atoms with van der Waals surface area (Å²) >= 11 is 0. The van der Waals surface area contributed by atoms with Crippen molar-refractivity contribution in [3.63, 3.8) is 0 Å². The molecule has 130 valence electrons. The minimum atomic E-state index is -0.352. The van der Waals surface area contributed by atoms with Gasteiger partial charge in [0, 0.05) is 32.7 Å². The van der Waals surface area contributed by atoms with Crippen molar-refractivity contribution in [1.82, 2.24) is 9.80 Å². The first kappa shape index (κ1) is 17.1. The topological polar surface area (TPSA) is 64.1 Å². The van der Waals surface area contributed by atoms with E-state index in [0.29, 0.717) is 12.2 Å². The number of carbonyl (C=O) groups is 2. The fraction of sp³-hybridized carbons (Fsp3) is 0.556. The molecule has 1 aromatic rings. The molecule has 0 aromatic heterocycles. The summed E-state index contributed by atoms with van der Waals surface area (Å²) in [7, 11) is 0. The van der Waals surface area contributed by atoms with Crippen molar-refractivity contribution in [3.05, 3.63) is 29.3 Å². The quantitative estimate of drug-likeness (QED) is 0.816. The maximum absolute atomic E-state index is 12.9. The molecule has 0 radical (unpaired) electrons. The van der Waals surface area contributed by atoms with Crippen LogP contribution in [0.3, 0.4) is 0 Å². The highest BCUT2D eigenvalue weighted by molar-refractivity contribution is 6.22. The lowest BCUT2D eigenvalue weighted by Gasteiger charge is -2.36. The van der Waals surface area contributed by atoms with Crippen LogP contribution in [-0.4, -0.2) is 72.1 Å². The maximum Gasteiger partial charge on any atom is 0.251 e. The molecule has 3 rings (SSSR count). The van der Waals surface area contributed by atoms with Gasteiger partial charge >= 0.3 is 0 Å². The normalized spacial score (nSPS) is 23.3. The maximum atomic E-state index is 12.9. The number of carbonyl (C=O) groups excluding carboxylic acids is 2. The number of nitrogens with zero attached hydrogens (tertiary/aromatic N) is 3. The number of hydrogen-bond donors (Lipinski definition) is 1. The van der Waals surface area contributed by atoms with Crippen LogP contribution in [-0.2, 0) is 9.59 Å². The molecule has 0 bridgehead atoms. The van der Waals surface area contributed by atoms with Crippen molar-refractivity contribution in [2.45, 2.75) is 26.3 Å². The monoisotopic (exact) mass is 331 g/mol. The summed E-state index contributed by atoms with van der Waals surface area (Å²) < 4.78 is 0. The lowest BCUT2D eigenvalue weighted by Crippen LogP contribution is -2.53. The van der Waals surface area contributed by atoms with Gasteiger partial charge in [-0.3, -0.25) is 19.4 Å². The SMILES string of the molecule is Cc1ccc(N2C(=O)C[C@H](N3CCN(CCO)CC3)C2=O)c(C)c1. The van der Waals surface area contributed by atoms with E-state index in [-0.39, 0.29) is 30.9 Å². The van der Waals surface area contributed by atoms with E-state index in [9.17, 15) is 9.59 Å². The zero-order valence-corrected chi connectivity index (χ0v) is 14.4. The molecule has 2 aliphatic rings. The van der Waals surface area contributed by atoms with Crippen LogP contribution in [0.2, 0.25) is 0 Å². The molecule has 6 nitrogen and oxygen atoms in total. The summed E-state index contributed by atoms with van der Waals surface area (Å²) in [6.45, 7) is 7.91. The van der Waals surface area contributed by atoms with E-state index in [1.54, 1.807) is 0 Å². The largest absolute Gasteiger partial charge is 0.395 e. The number of amides is 2. The third-order valence-electron chi connectivity index (χ3n) is 4.98. The van der Waals surface area contributed by atoms with E-state index in [1.807, 2.05) is 32.0 Å². The second-order valence-electron chi connectivity index (χ2n) is 6.68. The Morgan fingerprint density at radius 3 is 2.46 bits per heavy atom. The highest BCUT2D eigenvalue weighted by Crippen LogP contribution is 2.29. The van der Waals surface area contributed by atoms with Crippen LogP contribution in [0.15, 0.2) is 18.2 Å². The van der Waals surface area contributed by atoms with Gasteiger partial charge in [0.25, 0.3) is 5.91 Å². The summed E-state index contributed by atoms with van der Waals surface area (Å²) in [6, 6.07) is 5.44. The highest BCUT2D eigenvalue weighted by Gasteiger charge is 2.43. The Balaban J connectivity index is 1.73. The van der Waals surface area contributed by atoms with Crippen LogP contribution in [0.1, 0.15) is 17.5 Å². The van der Waals surface area contributed by atoms with Gasteiger partial charge in [0.15, 0.2) is 0 Å². The number of anilines is 1. The standard InChI is InChI=1S/C18H25N3O3/c1-13-3-4-15(14(2)11-13)21-17(23)12-16(18(21)24)20-7-5-19(6-8-20)9-10-22/h3-4,11,16,22H,5-10,12H2,1-2H3/t16-/m0/s1. The van der Waals surface area contributed by atoms with Gasteiger partial charge in [-0.05, 0) is 25.5 Å². The van der Waals surface area contributed by atoms with E-state index < -0.39 is 0 Å². The molecule has 0 saturated carbocycles. The molecule has 2 fully saturated rings. The van der Waals surface area contributed by atoms with Crippen LogP contribution < -0.4 is 4.90 Å². The Hall–Kier alpha value is -1.76. The molecule has 0 spiro atoms. The zero-order valence-electron chi connectivity index (χ0n) is 14.4. The van der Waals surface area contributed by atoms with Crippen molar-refractivity contribution < 1.29 is 14.7 Å². The third-order valence-corrected chi connectivity index (χ3v) is 4.98. The summed E-state index contributed by atoms with van der Waals surface area (Å²) in [5.41, 5.74) is 2.77. The van der Waals surface area contributed by atoms with Crippen LogP contribution in [0.4, 0.5) is 5.69 Å². The van der Waals surface area contributed by atoms with E-state index in [0.717, 1.165) is 37.3 Å².